The summed E-state index contributed by atoms with van der Waals surface area (Å²) in [6.45, 7) is 5.01. The van der Waals surface area contributed by atoms with E-state index in [1.807, 2.05) is 0 Å². The Morgan fingerprint density at radius 3 is 2.61 bits per heavy atom. The van der Waals surface area contributed by atoms with Crippen molar-refractivity contribution < 1.29 is 18.8 Å². The summed E-state index contributed by atoms with van der Waals surface area (Å²) in [5.41, 5.74) is -0.384. The molecule has 164 valence electrons. The predicted octanol–water partition coefficient (Wildman–Crippen LogP) is 1.78. The number of nitrogens with one attached hydrogen (secondary N) is 1. The number of carbonyl (C=O) groups excluding carboxylic acids is 1. The van der Waals surface area contributed by atoms with Crippen LogP contribution >= 0.6 is 0 Å². The monoisotopic (exact) mass is 431 g/mol. The Kier molecular flexibility index (Phi) is 5.91. The van der Waals surface area contributed by atoms with E-state index in [9.17, 15) is 19.3 Å². The van der Waals surface area contributed by atoms with Crippen molar-refractivity contribution in [3.05, 3.63) is 46.5 Å². The van der Waals surface area contributed by atoms with Crippen molar-refractivity contribution in [1.82, 2.24) is 24.7 Å². The Hall–Kier alpha value is -3.38. The smallest absolute Gasteiger partial charge is 0.323 e. The van der Waals surface area contributed by atoms with Gasteiger partial charge in [-0.05, 0) is 13.1 Å². The number of hydrogen-bond acceptors (Lipinski definition) is 8. The van der Waals surface area contributed by atoms with Crippen molar-refractivity contribution in [3.63, 3.8) is 0 Å². The number of likely N-dealkylation sites (N-methyl/N-ethyl adjacent to an activating group) is 1. The fourth-order valence-corrected chi connectivity index (χ4v) is 3.64. The summed E-state index contributed by atoms with van der Waals surface area (Å²) < 4.78 is 19.4. The van der Waals surface area contributed by atoms with E-state index in [1.165, 1.54) is 12.4 Å². The molecule has 0 aliphatic carbocycles. The second kappa shape index (κ2) is 8.78. The number of halogens is 1. The molecule has 0 unspecified atom stereocenters. The average molecular weight is 431 g/mol. The van der Waals surface area contributed by atoms with Crippen LogP contribution in [0.15, 0.2) is 30.6 Å². The summed E-state index contributed by atoms with van der Waals surface area (Å²) >= 11 is 0. The minimum Gasteiger partial charge on any atom is -0.436 e. The molecule has 0 bridgehead atoms. The molecular formula is C19H22FN7O4. The van der Waals surface area contributed by atoms with E-state index in [1.54, 1.807) is 4.90 Å². The number of nitro groups is 1. The Morgan fingerprint density at radius 1 is 1.23 bits per heavy atom. The van der Waals surface area contributed by atoms with Gasteiger partial charge in [0.05, 0.1) is 11.0 Å². The molecule has 2 fully saturated rings. The molecule has 0 saturated carbocycles. The number of nitro benzene ring substituents is 1. The number of aromatic nitrogens is 2. The number of amides is 2. The Balaban J connectivity index is 1.33. The van der Waals surface area contributed by atoms with Gasteiger partial charge in [-0.3, -0.25) is 20.3 Å². The number of carbonyl (C=O) groups is 1. The summed E-state index contributed by atoms with van der Waals surface area (Å²) in [4.78, 5) is 36.9. The number of anilines is 1. The minimum absolute atomic E-state index is 0.00280. The molecule has 11 nitrogen and oxygen atoms in total. The quantitative estimate of drug-likeness (QED) is 0.562. The number of ether oxygens (including phenoxy) is 1. The first kappa shape index (κ1) is 20.9. The van der Waals surface area contributed by atoms with Crippen molar-refractivity contribution >= 4 is 17.5 Å². The van der Waals surface area contributed by atoms with Gasteiger partial charge in [-0.2, -0.15) is 0 Å². The summed E-state index contributed by atoms with van der Waals surface area (Å²) in [7, 11) is 2.09. The molecular weight excluding hydrogens is 409 g/mol. The highest BCUT2D eigenvalue weighted by molar-refractivity contribution is 5.88. The molecule has 2 aliphatic heterocycles. The zero-order chi connectivity index (χ0) is 22.0. The first-order valence-electron chi connectivity index (χ1n) is 9.81. The molecule has 2 aromatic rings. The lowest BCUT2D eigenvalue weighted by atomic mass is 10.1. The van der Waals surface area contributed by atoms with Crippen LogP contribution in [-0.2, 0) is 0 Å². The number of rotatable bonds is 5. The molecule has 12 heteroatoms. The van der Waals surface area contributed by atoms with Gasteiger partial charge in [0.1, 0.15) is 12.1 Å². The van der Waals surface area contributed by atoms with Crippen molar-refractivity contribution in [2.24, 2.45) is 0 Å². The zero-order valence-electron chi connectivity index (χ0n) is 16.9. The molecule has 1 aromatic heterocycles. The molecule has 1 N–H and O–H groups in total. The first-order chi connectivity index (χ1) is 14.9. The van der Waals surface area contributed by atoms with Gasteiger partial charge in [-0.25, -0.2) is 19.2 Å². The van der Waals surface area contributed by atoms with Crippen LogP contribution in [-0.4, -0.2) is 88.0 Å². The Labute approximate surface area is 177 Å². The van der Waals surface area contributed by atoms with Crippen LogP contribution in [0.3, 0.4) is 0 Å². The van der Waals surface area contributed by atoms with E-state index in [2.05, 4.69) is 32.1 Å². The molecule has 2 saturated heterocycles. The van der Waals surface area contributed by atoms with E-state index in [0.29, 0.717) is 19.1 Å². The van der Waals surface area contributed by atoms with Gasteiger partial charge in [0.2, 0.25) is 5.88 Å². The van der Waals surface area contributed by atoms with Crippen molar-refractivity contribution in [1.29, 1.82) is 0 Å². The van der Waals surface area contributed by atoms with Crippen LogP contribution in [0.25, 0.3) is 0 Å². The third-order valence-corrected chi connectivity index (χ3v) is 5.38. The van der Waals surface area contributed by atoms with Gasteiger partial charge in [0.15, 0.2) is 11.6 Å². The normalized spacial score (nSPS) is 17.8. The maximum absolute atomic E-state index is 14.0. The highest BCUT2D eigenvalue weighted by atomic mass is 19.1. The molecule has 0 atom stereocenters. The van der Waals surface area contributed by atoms with Gasteiger partial charge >= 0.3 is 6.03 Å². The highest BCUT2D eigenvalue weighted by Crippen LogP contribution is 2.27. The number of nitrogens with zero attached hydrogens (tertiary/aromatic N) is 6. The standard InChI is InChI=1S/C19H22FN7O4/c1-24-10-14(11-24)25-4-6-26(7-5-25)19(28)23-17-9-18(22-12-21-17)31-16-3-2-13(27(29)30)8-15(16)20/h2-3,8-9,12,14H,4-7,10-11H2,1H3,(H,21,22,23,28). The molecule has 2 aliphatic rings. The van der Waals surface area contributed by atoms with E-state index in [4.69, 9.17) is 4.74 Å². The minimum atomic E-state index is -0.895. The SMILES string of the molecule is CN1CC(N2CCN(C(=O)Nc3cc(Oc4ccc([N+](=O)[O-])cc4F)ncn3)CC2)C1. The lowest BCUT2D eigenvalue weighted by Gasteiger charge is -2.46. The highest BCUT2D eigenvalue weighted by Gasteiger charge is 2.32. The largest absolute Gasteiger partial charge is 0.436 e. The second-order valence-corrected chi connectivity index (χ2v) is 7.54. The number of likely N-dealkylation sites (tertiary alicyclic amines) is 1. The molecule has 0 radical (unpaired) electrons. The first-order valence-corrected chi connectivity index (χ1v) is 9.81. The Bertz CT molecular complexity index is 977. The van der Waals surface area contributed by atoms with E-state index < -0.39 is 10.7 Å². The Morgan fingerprint density at radius 2 is 1.97 bits per heavy atom. The number of urea groups is 1. The van der Waals surface area contributed by atoms with Crippen LogP contribution in [0.4, 0.5) is 20.7 Å². The van der Waals surface area contributed by atoms with Gasteiger partial charge in [0.25, 0.3) is 5.69 Å². The number of hydrogen-bond donors (Lipinski definition) is 1. The van der Waals surface area contributed by atoms with Gasteiger partial charge < -0.3 is 14.5 Å². The van der Waals surface area contributed by atoms with E-state index in [-0.39, 0.29) is 29.2 Å². The van der Waals surface area contributed by atoms with Crippen LogP contribution in [0.1, 0.15) is 0 Å². The summed E-state index contributed by atoms with van der Waals surface area (Å²) in [6, 6.07) is 4.68. The van der Waals surface area contributed by atoms with Crippen molar-refractivity contribution in [3.8, 4) is 11.6 Å². The summed E-state index contributed by atoms with van der Waals surface area (Å²) in [5, 5.41) is 13.4. The van der Waals surface area contributed by atoms with Crippen LogP contribution in [0.5, 0.6) is 11.6 Å². The van der Waals surface area contributed by atoms with E-state index in [0.717, 1.165) is 44.4 Å². The summed E-state index contributed by atoms with van der Waals surface area (Å²) in [6.07, 6.45) is 1.18. The number of non-ortho nitro benzene ring substituents is 1. The fraction of sp³-hybridized carbons (Fsp3) is 0.421. The van der Waals surface area contributed by atoms with E-state index >= 15 is 0 Å². The third kappa shape index (κ3) is 4.86. The predicted molar refractivity (Wildman–Crippen MR) is 109 cm³/mol. The molecule has 3 heterocycles. The van der Waals surface area contributed by atoms with Gasteiger partial charge in [0, 0.05) is 57.4 Å². The topological polar surface area (TPSA) is 117 Å². The maximum Gasteiger partial charge on any atom is 0.323 e. The van der Waals surface area contributed by atoms with Crippen LogP contribution in [0.2, 0.25) is 0 Å². The fourth-order valence-electron chi connectivity index (χ4n) is 3.64. The van der Waals surface area contributed by atoms with Crippen molar-refractivity contribution in [2.75, 3.05) is 51.6 Å². The molecule has 0 spiro atoms. The van der Waals surface area contributed by atoms with Crippen molar-refractivity contribution in [2.45, 2.75) is 6.04 Å². The molecule has 1 aromatic carbocycles. The maximum atomic E-state index is 14.0. The molecule has 31 heavy (non-hydrogen) atoms. The average Bonchev–Trinajstić information content (AvgIpc) is 2.73. The second-order valence-electron chi connectivity index (χ2n) is 7.54. The lowest BCUT2D eigenvalue weighted by Crippen LogP contribution is -2.62. The van der Waals surface area contributed by atoms with Crippen LogP contribution < -0.4 is 10.1 Å². The number of benzene rings is 1. The number of piperazine rings is 1. The third-order valence-electron chi connectivity index (χ3n) is 5.38. The summed E-state index contributed by atoms with van der Waals surface area (Å²) in [5.74, 6) is -0.911. The molecule has 4 rings (SSSR count). The van der Waals surface area contributed by atoms with Gasteiger partial charge in [-0.15, -0.1) is 0 Å². The lowest BCUT2D eigenvalue weighted by molar-refractivity contribution is -0.385. The zero-order valence-corrected chi connectivity index (χ0v) is 16.9. The van der Waals surface area contributed by atoms with Gasteiger partial charge in [-0.1, -0.05) is 0 Å². The molecule has 2 amide bonds. The van der Waals surface area contributed by atoms with Crippen LogP contribution in [0, 0.1) is 15.9 Å².